The minimum absolute atomic E-state index is 0.227. The number of hydrogen-bond donors (Lipinski definition) is 0. The molecule has 0 unspecified atom stereocenters. The third-order valence-electron chi connectivity index (χ3n) is 2.30. The number of ether oxygens (including phenoxy) is 2. The number of carbonyl (C=O) groups is 1. The second-order valence-electron chi connectivity index (χ2n) is 2.78. The number of carbonyl (C=O) groups excluding carboxylic acids is 1. The summed E-state index contributed by atoms with van der Waals surface area (Å²) in [6.07, 6.45) is 1.69. The Morgan fingerprint density at radius 1 is 1.83 bits per heavy atom. The molecule has 4 nitrogen and oxygen atoms in total. The van der Waals surface area contributed by atoms with Crippen molar-refractivity contribution in [2.45, 2.75) is 31.9 Å². The summed E-state index contributed by atoms with van der Waals surface area (Å²) < 4.78 is 9.76. The molecule has 0 saturated heterocycles. The Bertz CT molecular complexity index is 214. The van der Waals surface area contributed by atoms with Crippen molar-refractivity contribution in [3.63, 3.8) is 0 Å². The van der Waals surface area contributed by atoms with Gasteiger partial charge in [0.2, 0.25) is 0 Å². The van der Waals surface area contributed by atoms with Crippen molar-refractivity contribution in [1.29, 1.82) is 0 Å². The molecule has 4 heteroatoms. The van der Waals surface area contributed by atoms with Gasteiger partial charge in [0.25, 0.3) is 0 Å². The molecule has 0 aliphatic carbocycles. The summed E-state index contributed by atoms with van der Waals surface area (Å²) in [5.74, 6) is -0.328. The average Bonchev–Trinajstić information content (AvgIpc) is 2.46. The highest BCUT2D eigenvalue weighted by atomic mass is 16.5. The number of hydrogen-bond acceptors (Lipinski definition) is 4. The van der Waals surface area contributed by atoms with Crippen LogP contribution in [0.3, 0.4) is 0 Å². The summed E-state index contributed by atoms with van der Waals surface area (Å²) >= 11 is 0. The van der Waals surface area contributed by atoms with Crippen LogP contribution in [0.1, 0.15) is 20.3 Å². The molecule has 0 aromatic heterocycles. The monoisotopic (exact) mass is 171 g/mol. The van der Waals surface area contributed by atoms with Crippen LogP contribution in [-0.2, 0) is 14.3 Å². The van der Waals surface area contributed by atoms with Crippen molar-refractivity contribution in [3.8, 4) is 0 Å². The molecule has 1 heterocycles. The Labute approximate surface area is 71.6 Å². The molecule has 0 aromatic rings. The maximum Gasteiger partial charge on any atom is 0.337 e. The van der Waals surface area contributed by atoms with Crippen LogP contribution in [0.15, 0.2) is 4.99 Å². The van der Waals surface area contributed by atoms with E-state index in [1.807, 2.05) is 13.8 Å². The van der Waals surface area contributed by atoms with Crippen LogP contribution in [0.4, 0.5) is 0 Å². The highest BCUT2D eigenvalue weighted by molar-refractivity contribution is 5.84. The van der Waals surface area contributed by atoms with Crippen molar-refractivity contribution in [1.82, 2.24) is 0 Å². The van der Waals surface area contributed by atoms with Gasteiger partial charge in [0.05, 0.1) is 7.11 Å². The van der Waals surface area contributed by atoms with Gasteiger partial charge in [-0.3, -0.25) is 0 Å². The van der Waals surface area contributed by atoms with Crippen molar-refractivity contribution in [2.24, 2.45) is 4.99 Å². The maximum absolute atomic E-state index is 11.4. The smallest absolute Gasteiger partial charge is 0.337 e. The van der Waals surface area contributed by atoms with Crippen molar-refractivity contribution >= 4 is 12.4 Å². The van der Waals surface area contributed by atoms with Gasteiger partial charge in [0.15, 0.2) is 11.9 Å². The minimum atomic E-state index is -0.811. The second-order valence-corrected chi connectivity index (χ2v) is 2.78. The van der Waals surface area contributed by atoms with Gasteiger partial charge in [-0.2, -0.15) is 0 Å². The predicted molar refractivity (Wildman–Crippen MR) is 44.1 cm³/mol. The fourth-order valence-corrected chi connectivity index (χ4v) is 1.35. The third kappa shape index (κ3) is 1.07. The zero-order valence-corrected chi connectivity index (χ0v) is 7.53. The number of rotatable bonds is 2. The Morgan fingerprint density at radius 3 is 2.83 bits per heavy atom. The molecule has 0 radical (unpaired) electrons. The van der Waals surface area contributed by atoms with Crippen LogP contribution in [0.5, 0.6) is 0 Å². The van der Waals surface area contributed by atoms with E-state index >= 15 is 0 Å². The SMILES string of the molecule is CC[C@]1(C(=O)OC)N=CO[C@H]1C. The van der Waals surface area contributed by atoms with E-state index in [9.17, 15) is 4.79 Å². The van der Waals surface area contributed by atoms with Crippen molar-refractivity contribution in [3.05, 3.63) is 0 Å². The second kappa shape index (κ2) is 3.13. The van der Waals surface area contributed by atoms with E-state index in [0.29, 0.717) is 6.42 Å². The standard InChI is InChI=1S/C8H13NO3/c1-4-8(7(10)11-3)6(2)12-5-9-8/h5-6H,4H2,1-3H3/t6-,8-/m0/s1. The molecular formula is C8H13NO3. The molecule has 0 N–H and O–H groups in total. The van der Waals surface area contributed by atoms with Crippen LogP contribution in [0.25, 0.3) is 0 Å². The Balaban J connectivity index is 2.89. The highest BCUT2D eigenvalue weighted by Crippen LogP contribution is 2.28. The first kappa shape index (κ1) is 9.03. The average molecular weight is 171 g/mol. The zero-order chi connectivity index (χ0) is 9.19. The molecule has 1 rings (SSSR count). The Morgan fingerprint density at radius 2 is 2.50 bits per heavy atom. The van der Waals surface area contributed by atoms with Crippen LogP contribution in [0, 0.1) is 0 Å². The lowest BCUT2D eigenvalue weighted by atomic mass is 9.92. The van der Waals surface area contributed by atoms with Gasteiger partial charge < -0.3 is 9.47 Å². The normalized spacial score (nSPS) is 33.1. The van der Waals surface area contributed by atoms with Gasteiger partial charge in [-0.05, 0) is 13.3 Å². The van der Waals surface area contributed by atoms with Gasteiger partial charge in [0.1, 0.15) is 6.10 Å². The van der Waals surface area contributed by atoms with E-state index in [1.165, 1.54) is 13.5 Å². The van der Waals surface area contributed by atoms with E-state index in [4.69, 9.17) is 4.74 Å². The van der Waals surface area contributed by atoms with Crippen LogP contribution in [0.2, 0.25) is 0 Å². The summed E-state index contributed by atoms with van der Waals surface area (Å²) in [4.78, 5) is 15.4. The molecule has 1 aliphatic heterocycles. The lowest BCUT2D eigenvalue weighted by Gasteiger charge is -2.24. The summed E-state index contributed by atoms with van der Waals surface area (Å²) in [5.41, 5.74) is -0.811. The summed E-state index contributed by atoms with van der Waals surface area (Å²) in [6.45, 7) is 3.70. The topological polar surface area (TPSA) is 47.9 Å². The fraction of sp³-hybridized carbons (Fsp3) is 0.750. The largest absolute Gasteiger partial charge is 0.477 e. The molecule has 0 fully saturated rings. The Hall–Kier alpha value is -1.06. The van der Waals surface area contributed by atoms with E-state index in [-0.39, 0.29) is 12.1 Å². The lowest BCUT2D eigenvalue weighted by molar-refractivity contribution is -0.149. The van der Waals surface area contributed by atoms with E-state index in [2.05, 4.69) is 9.73 Å². The molecule has 12 heavy (non-hydrogen) atoms. The zero-order valence-electron chi connectivity index (χ0n) is 7.53. The molecule has 1 aliphatic rings. The number of methoxy groups -OCH3 is 1. The van der Waals surface area contributed by atoms with E-state index in [1.54, 1.807) is 0 Å². The number of aliphatic imine (C=N–C) groups is 1. The molecule has 68 valence electrons. The van der Waals surface area contributed by atoms with Crippen LogP contribution >= 0.6 is 0 Å². The molecule has 0 bridgehead atoms. The van der Waals surface area contributed by atoms with Gasteiger partial charge in [0, 0.05) is 0 Å². The number of nitrogens with zero attached hydrogens (tertiary/aromatic N) is 1. The minimum Gasteiger partial charge on any atom is -0.477 e. The molecule has 0 amide bonds. The van der Waals surface area contributed by atoms with Gasteiger partial charge >= 0.3 is 5.97 Å². The lowest BCUT2D eigenvalue weighted by Crippen LogP contribution is -2.44. The fourth-order valence-electron chi connectivity index (χ4n) is 1.35. The first-order chi connectivity index (χ1) is 5.67. The van der Waals surface area contributed by atoms with Crippen LogP contribution in [-0.4, -0.2) is 31.1 Å². The van der Waals surface area contributed by atoms with Gasteiger partial charge in [-0.1, -0.05) is 6.92 Å². The van der Waals surface area contributed by atoms with Crippen molar-refractivity contribution in [2.75, 3.05) is 7.11 Å². The summed E-state index contributed by atoms with van der Waals surface area (Å²) in [5, 5.41) is 0. The first-order valence-electron chi connectivity index (χ1n) is 3.95. The van der Waals surface area contributed by atoms with Crippen LogP contribution < -0.4 is 0 Å². The third-order valence-corrected chi connectivity index (χ3v) is 2.30. The van der Waals surface area contributed by atoms with E-state index in [0.717, 1.165) is 0 Å². The first-order valence-corrected chi connectivity index (χ1v) is 3.95. The van der Waals surface area contributed by atoms with Crippen molar-refractivity contribution < 1.29 is 14.3 Å². The van der Waals surface area contributed by atoms with Gasteiger partial charge in [-0.15, -0.1) is 0 Å². The summed E-state index contributed by atoms with van der Waals surface area (Å²) in [7, 11) is 1.36. The molecule has 0 spiro atoms. The predicted octanol–water partition coefficient (Wildman–Crippen LogP) is 0.755. The maximum atomic E-state index is 11.4. The molecule has 0 saturated carbocycles. The van der Waals surface area contributed by atoms with Gasteiger partial charge in [-0.25, -0.2) is 9.79 Å². The quantitative estimate of drug-likeness (QED) is 0.576. The molecule has 0 aromatic carbocycles. The van der Waals surface area contributed by atoms with E-state index < -0.39 is 5.54 Å². The molecular weight excluding hydrogens is 158 g/mol. The highest BCUT2D eigenvalue weighted by Gasteiger charge is 2.47. The number of esters is 1. The molecule has 2 atom stereocenters. The summed E-state index contributed by atoms with van der Waals surface area (Å²) in [6, 6.07) is 0. The Kier molecular flexibility index (Phi) is 2.35.